The predicted molar refractivity (Wildman–Crippen MR) is 74.4 cm³/mol. The summed E-state index contributed by atoms with van der Waals surface area (Å²) in [5, 5.41) is 11.4. The maximum Gasteiger partial charge on any atom is 0.317 e. The van der Waals surface area contributed by atoms with Crippen LogP contribution in [0, 0.1) is 0 Å². The molecule has 0 saturated heterocycles. The number of aliphatic carboxylic acids is 1. The van der Waals surface area contributed by atoms with E-state index in [1.807, 2.05) is 19.1 Å². The van der Waals surface area contributed by atoms with E-state index < -0.39 is 5.97 Å². The number of fused-ring (bicyclic) bond motifs is 1. The summed E-state index contributed by atoms with van der Waals surface area (Å²) < 4.78 is 10.5. The van der Waals surface area contributed by atoms with Gasteiger partial charge in [-0.15, -0.1) is 0 Å². The summed E-state index contributed by atoms with van der Waals surface area (Å²) in [5.41, 5.74) is 0.888. The van der Waals surface area contributed by atoms with E-state index in [2.05, 4.69) is 5.32 Å². The Hall–Kier alpha value is -2.44. The lowest BCUT2D eigenvalue weighted by Gasteiger charge is -2.21. The van der Waals surface area contributed by atoms with Gasteiger partial charge in [0.05, 0.1) is 12.5 Å². The molecule has 1 aromatic carbocycles. The highest BCUT2D eigenvalue weighted by Gasteiger charge is 2.18. The third-order valence-corrected chi connectivity index (χ3v) is 3.24. The zero-order valence-electron chi connectivity index (χ0n) is 12.0. The first-order valence-corrected chi connectivity index (χ1v) is 6.60. The highest BCUT2D eigenvalue weighted by molar-refractivity contribution is 5.75. The fraction of sp³-hybridized carbons (Fsp3) is 0.429. The molecule has 0 spiro atoms. The SMILES string of the molecule is CC(NC(=O)N(C)CCC(=O)O)c1ccc2c(c1)OCO2. The van der Waals surface area contributed by atoms with Crippen LogP contribution in [-0.2, 0) is 4.79 Å². The van der Waals surface area contributed by atoms with Crippen molar-refractivity contribution in [3.8, 4) is 11.5 Å². The van der Waals surface area contributed by atoms with Crippen LogP contribution in [0.4, 0.5) is 4.79 Å². The molecule has 2 rings (SSSR count). The molecule has 0 aliphatic carbocycles. The number of hydrogen-bond donors (Lipinski definition) is 2. The van der Waals surface area contributed by atoms with E-state index in [0.29, 0.717) is 11.5 Å². The number of ether oxygens (including phenoxy) is 2. The van der Waals surface area contributed by atoms with E-state index in [1.54, 1.807) is 13.1 Å². The van der Waals surface area contributed by atoms with Crippen molar-refractivity contribution in [3.05, 3.63) is 23.8 Å². The summed E-state index contributed by atoms with van der Waals surface area (Å²) in [6, 6.07) is 4.94. The molecule has 1 aliphatic rings. The molecule has 0 saturated carbocycles. The third kappa shape index (κ3) is 3.77. The van der Waals surface area contributed by atoms with E-state index in [-0.39, 0.29) is 31.8 Å². The van der Waals surface area contributed by atoms with Crippen molar-refractivity contribution in [3.63, 3.8) is 0 Å². The molecular weight excluding hydrogens is 276 g/mol. The van der Waals surface area contributed by atoms with Gasteiger partial charge in [0.25, 0.3) is 0 Å². The fourth-order valence-corrected chi connectivity index (χ4v) is 1.93. The number of carboxylic acid groups (broad SMARTS) is 1. The molecule has 1 heterocycles. The van der Waals surface area contributed by atoms with Crippen molar-refractivity contribution in [2.24, 2.45) is 0 Å². The van der Waals surface area contributed by atoms with Gasteiger partial charge in [0, 0.05) is 13.6 Å². The molecular formula is C14H18N2O5. The van der Waals surface area contributed by atoms with Crippen molar-refractivity contribution in [1.82, 2.24) is 10.2 Å². The molecule has 2 N–H and O–H groups in total. The second-order valence-electron chi connectivity index (χ2n) is 4.85. The number of rotatable bonds is 5. The van der Waals surface area contributed by atoms with Crippen molar-refractivity contribution in [2.75, 3.05) is 20.4 Å². The van der Waals surface area contributed by atoms with Crippen LogP contribution in [0.5, 0.6) is 11.5 Å². The smallest absolute Gasteiger partial charge is 0.317 e. The number of amides is 2. The van der Waals surface area contributed by atoms with E-state index in [9.17, 15) is 9.59 Å². The van der Waals surface area contributed by atoms with Gasteiger partial charge in [-0.3, -0.25) is 4.79 Å². The molecule has 21 heavy (non-hydrogen) atoms. The molecule has 114 valence electrons. The number of carbonyl (C=O) groups excluding carboxylic acids is 1. The van der Waals surface area contributed by atoms with Gasteiger partial charge in [0.15, 0.2) is 11.5 Å². The predicted octanol–water partition coefficient (Wildman–Crippen LogP) is 1.59. The molecule has 2 amide bonds. The molecule has 1 aromatic rings. The summed E-state index contributed by atoms with van der Waals surface area (Å²) in [5.74, 6) is 0.419. The van der Waals surface area contributed by atoms with Crippen molar-refractivity contribution >= 4 is 12.0 Å². The molecule has 1 atom stereocenters. The maximum absolute atomic E-state index is 11.9. The zero-order chi connectivity index (χ0) is 15.4. The first-order chi connectivity index (χ1) is 9.97. The molecule has 0 radical (unpaired) electrons. The van der Waals surface area contributed by atoms with E-state index >= 15 is 0 Å². The standard InChI is InChI=1S/C14H18N2O5/c1-9(15-14(19)16(2)6-5-13(17)18)10-3-4-11-12(7-10)21-8-20-11/h3-4,7,9H,5-6,8H2,1-2H3,(H,15,19)(H,17,18). The number of urea groups is 1. The third-order valence-electron chi connectivity index (χ3n) is 3.24. The summed E-state index contributed by atoms with van der Waals surface area (Å²) in [4.78, 5) is 23.8. The van der Waals surface area contributed by atoms with Crippen LogP contribution in [0.25, 0.3) is 0 Å². The Morgan fingerprint density at radius 3 is 2.81 bits per heavy atom. The van der Waals surface area contributed by atoms with Crippen LogP contribution in [0.3, 0.4) is 0 Å². The highest BCUT2D eigenvalue weighted by atomic mass is 16.7. The summed E-state index contributed by atoms with van der Waals surface area (Å²) >= 11 is 0. The minimum absolute atomic E-state index is 0.0810. The Labute approximate surface area is 122 Å². The van der Waals surface area contributed by atoms with Gasteiger partial charge in [-0.1, -0.05) is 6.07 Å². The monoisotopic (exact) mass is 294 g/mol. The van der Waals surface area contributed by atoms with Gasteiger partial charge in [-0.2, -0.15) is 0 Å². The van der Waals surface area contributed by atoms with Crippen molar-refractivity contribution in [2.45, 2.75) is 19.4 Å². The van der Waals surface area contributed by atoms with Crippen LogP contribution < -0.4 is 14.8 Å². The van der Waals surface area contributed by atoms with Crippen LogP contribution in [0.2, 0.25) is 0 Å². The van der Waals surface area contributed by atoms with Crippen molar-refractivity contribution in [1.29, 1.82) is 0 Å². The van der Waals surface area contributed by atoms with E-state index in [0.717, 1.165) is 5.56 Å². The average molecular weight is 294 g/mol. The Morgan fingerprint density at radius 2 is 2.10 bits per heavy atom. The molecule has 7 heteroatoms. The summed E-state index contributed by atoms with van der Waals surface area (Å²) in [6.07, 6.45) is -0.0810. The Kier molecular flexibility index (Phi) is 4.52. The molecule has 1 unspecified atom stereocenters. The Morgan fingerprint density at radius 1 is 1.38 bits per heavy atom. The second-order valence-corrected chi connectivity index (χ2v) is 4.85. The molecule has 0 aromatic heterocycles. The normalized spacial score (nSPS) is 13.6. The summed E-state index contributed by atoms with van der Waals surface area (Å²) in [6.45, 7) is 2.22. The number of carboxylic acids is 1. The maximum atomic E-state index is 11.9. The first kappa shape index (κ1) is 15.0. The molecule has 7 nitrogen and oxygen atoms in total. The van der Waals surface area contributed by atoms with Gasteiger partial charge in [0.1, 0.15) is 0 Å². The van der Waals surface area contributed by atoms with Crippen LogP contribution >= 0.6 is 0 Å². The lowest BCUT2D eigenvalue weighted by Crippen LogP contribution is -2.39. The van der Waals surface area contributed by atoms with Crippen molar-refractivity contribution < 1.29 is 24.2 Å². The second kappa shape index (κ2) is 6.34. The van der Waals surface area contributed by atoms with Gasteiger partial charge >= 0.3 is 12.0 Å². The topological polar surface area (TPSA) is 88.1 Å². The lowest BCUT2D eigenvalue weighted by molar-refractivity contribution is -0.137. The molecule has 0 bridgehead atoms. The average Bonchev–Trinajstić information content (AvgIpc) is 2.91. The minimum Gasteiger partial charge on any atom is -0.481 e. The van der Waals surface area contributed by atoms with Crippen LogP contribution in [0.1, 0.15) is 24.9 Å². The summed E-state index contributed by atoms with van der Waals surface area (Å²) in [7, 11) is 1.56. The minimum atomic E-state index is -0.932. The number of nitrogens with zero attached hydrogens (tertiary/aromatic N) is 1. The number of carbonyl (C=O) groups is 2. The van der Waals surface area contributed by atoms with E-state index in [4.69, 9.17) is 14.6 Å². The first-order valence-electron chi connectivity index (χ1n) is 6.60. The largest absolute Gasteiger partial charge is 0.481 e. The highest BCUT2D eigenvalue weighted by Crippen LogP contribution is 2.34. The Bertz CT molecular complexity index is 546. The van der Waals surface area contributed by atoms with Crippen LogP contribution in [0.15, 0.2) is 18.2 Å². The molecule has 1 aliphatic heterocycles. The Balaban J connectivity index is 1.93. The number of hydrogen-bond acceptors (Lipinski definition) is 4. The number of benzene rings is 1. The number of nitrogens with one attached hydrogen (secondary N) is 1. The van der Waals surface area contributed by atoms with Gasteiger partial charge in [-0.05, 0) is 24.6 Å². The molecule has 0 fully saturated rings. The lowest BCUT2D eigenvalue weighted by atomic mass is 10.1. The van der Waals surface area contributed by atoms with Gasteiger partial charge < -0.3 is 24.8 Å². The fourth-order valence-electron chi connectivity index (χ4n) is 1.93. The van der Waals surface area contributed by atoms with Gasteiger partial charge in [-0.25, -0.2) is 4.79 Å². The van der Waals surface area contributed by atoms with Crippen LogP contribution in [-0.4, -0.2) is 42.4 Å². The van der Waals surface area contributed by atoms with E-state index in [1.165, 1.54) is 4.90 Å². The zero-order valence-corrected chi connectivity index (χ0v) is 12.0. The quantitative estimate of drug-likeness (QED) is 0.861. The van der Waals surface area contributed by atoms with Gasteiger partial charge in [0.2, 0.25) is 6.79 Å².